The van der Waals surface area contributed by atoms with Crippen molar-refractivity contribution in [1.82, 2.24) is 5.32 Å². The fraction of sp³-hybridized carbons (Fsp3) is 0.538. The maximum absolute atomic E-state index is 10.1. The number of methoxy groups -OCH3 is 2. The summed E-state index contributed by atoms with van der Waals surface area (Å²) in [4.78, 5) is 0. The normalized spacial score (nSPS) is 12.2. The van der Waals surface area contributed by atoms with Crippen molar-refractivity contribution in [3.8, 4) is 11.5 Å². The van der Waals surface area contributed by atoms with Crippen LogP contribution in [-0.4, -0.2) is 32.9 Å². The molecule has 4 nitrogen and oxygen atoms in total. The van der Waals surface area contributed by atoms with E-state index >= 15 is 0 Å². The minimum atomic E-state index is -0.496. The Balaban J connectivity index is 2.74. The Morgan fingerprint density at radius 1 is 1.29 bits per heavy atom. The molecule has 4 heteroatoms. The van der Waals surface area contributed by atoms with Crippen molar-refractivity contribution >= 4 is 0 Å². The summed E-state index contributed by atoms with van der Waals surface area (Å²) in [5, 5.41) is 13.1. The molecule has 0 aliphatic heterocycles. The van der Waals surface area contributed by atoms with Gasteiger partial charge in [-0.25, -0.2) is 0 Å². The van der Waals surface area contributed by atoms with Crippen molar-refractivity contribution in [2.45, 2.75) is 18.9 Å². The Hall–Kier alpha value is -1.26. The Kier molecular flexibility index (Phi) is 5.80. The van der Waals surface area contributed by atoms with Crippen LogP contribution in [0.1, 0.15) is 24.5 Å². The van der Waals surface area contributed by atoms with E-state index in [0.29, 0.717) is 12.2 Å². The molecule has 0 spiro atoms. The first kappa shape index (κ1) is 13.8. The summed E-state index contributed by atoms with van der Waals surface area (Å²) in [5.74, 6) is 1.40. The Labute approximate surface area is 103 Å². The van der Waals surface area contributed by atoms with Crippen LogP contribution in [0.15, 0.2) is 18.2 Å². The highest BCUT2D eigenvalue weighted by Crippen LogP contribution is 2.31. The number of aliphatic hydroxyl groups excluding tert-OH is 1. The second-order valence-corrected chi connectivity index (χ2v) is 3.87. The van der Waals surface area contributed by atoms with Crippen LogP contribution in [0.25, 0.3) is 0 Å². The summed E-state index contributed by atoms with van der Waals surface area (Å²) in [6.07, 6.45) is 1.14. The average Bonchev–Trinajstić information content (AvgIpc) is 2.38. The molecular formula is C13H21NO3. The first-order valence-corrected chi connectivity index (χ1v) is 5.77. The summed E-state index contributed by atoms with van der Waals surface area (Å²) in [6, 6.07) is 5.47. The quantitative estimate of drug-likeness (QED) is 0.712. The number of hydrogen-bond donors (Lipinski definition) is 2. The third kappa shape index (κ3) is 3.91. The molecule has 0 bridgehead atoms. The fourth-order valence-corrected chi connectivity index (χ4v) is 1.72. The SMILES string of the molecule is CNCCCC(O)c1ccc(OC)cc1OC. The highest BCUT2D eigenvalue weighted by Gasteiger charge is 2.13. The fourth-order valence-electron chi connectivity index (χ4n) is 1.72. The van der Waals surface area contributed by atoms with E-state index in [2.05, 4.69) is 5.32 Å². The Morgan fingerprint density at radius 2 is 2.06 bits per heavy atom. The molecule has 0 aromatic heterocycles. The molecule has 1 rings (SSSR count). The van der Waals surface area contributed by atoms with Crippen molar-refractivity contribution in [2.75, 3.05) is 27.8 Å². The lowest BCUT2D eigenvalue weighted by Gasteiger charge is -2.15. The van der Waals surface area contributed by atoms with E-state index in [1.807, 2.05) is 19.2 Å². The van der Waals surface area contributed by atoms with Crippen molar-refractivity contribution in [1.29, 1.82) is 0 Å². The number of benzene rings is 1. The van der Waals surface area contributed by atoms with Gasteiger partial charge < -0.3 is 19.9 Å². The molecule has 0 amide bonds. The van der Waals surface area contributed by atoms with E-state index in [-0.39, 0.29) is 0 Å². The van der Waals surface area contributed by atoms with E-state index < -0.39 is 6.10 Å². The zero-order valence-electron chi connectivity index (χ0n) is 10.7. The standard InChI is InChI=1S/C13H21NO3/c1-14-8-4-5-12(15)11-7-6-10(16-2)9-13(11)17-3/h6-7,9,12,14-15H,4-5,8H2,1-3H3. The van der Waals surface area contributed by atoms with Gasteiger partial charge in [-0.2, -0.15) is 0 Å². The van der Waals surface area contributed by atoms with Gasteiger partial charge in [0.1, 0.15) is 11.5 Å². The van der Waals surface area contributed by atoms with Gasteiger partial charge in [0.2, 0.25) is 0 Å². The molecule has 0 aliphatic rings. The minimum Gasteiger partial charge on any atom is -0.497 e. The van der Waals surface area contributed by atoms with E-state index in [1.165, 1.54) is 0 Å². The van der Waals surface area contributed by atoms with Crippen LogP contribution < -0.4 is 14.8 Å². The van der Waals surface area contributed by atoms with E-state index in [0.717, 1.165) is 24.3 Å². The molecule has 17 heavy (non-hydrogen) atoms. The second-order valence-electron chi connectivity index (χ2n) is 3.87. The lowest BCUT2D eigenvalue weighted by Crippen LogP contribution is -2.09. The average molecular weight is 239 g/mol. The number of nitrogens with one attached hydrogen (secondary N) is 1. The summed E-state index contributed by atoms with van der Waals surface area (Å²) in [7, 11) is 5.11. The van der Waals surface area contributed by atoms with Crippen LogP contribution >= 0.6 is 0 Å². The van der Waals surface area contributed by atoms with Crippen LogP contribution in [0, 0.1) is 0 Å². The van der Waals surface area contributed by atoms with Crippen molar-refractivity contribution in [3.63, 3.8) is 0 Å². The number of ether oxygens (including phenoxy) is 2. The molecule has 0 heterocycles. The van der Waals surface area contributed by atoms with Gasteiger partial charge in [-0.3, -0.25) is 0 Å². The van der Waals surface area contributed by atoms with Crippen molar-refractivity contribution in [2.24, 2.45) is 0 Å². The number of hydrogen-bond acceptors (Lipinski definition) is 4. The molecule has 96 valence electrons. The Morgan fingerprint density at radius 3 is 2.65 bits per heavy atom. The molecule has 1 aromatic rings. The van der Waals surface area contributed by atoms with Crippen molar-refractivity contribution in [3.05, 3.63) is 23.8 Å². The highest BCUT2D eigenvalue weighted by atomic mass is 16.5. The lowest BCUT2D eigenvalue weighted by atomic mass is 10.0. The molecule has 0 fully saturated rings. The van der Waals surface area contributed by atoms with Crippen LogP contribution in [0.3, 0.4) is 0 Å². The minimum absolute atomic E-state index is 0.496. The van der Waals surface area contributed by atoms with Gasteiger partial charge in [-0.15, -0.1) is 0 Å². The third-order valence-corrected chi connectivity index (χ3v) is 2.70. The molecule has 1 aromatic carbocycles. The van der Waals surface area contributed by atoms with Gasteiger partial charge in [0.05, 0.1) is 20.3 Å². The van der Waals surface area contributed by atoms with Gasteiger partial charge >= 0.3 is 0 Å². The van der Waals surface area contributed by atoms with E-state index in [4.69, 9.17) is 9.47 Å². The molecule has 0 radical (unpaired) electrons. The molecular weight excluding hydrogens is 218 g/mol. The smallest absolute Gasteiger partial charge is 0.128 e. The van der Waals surface area contributed by atoms with Gasteiger partial charge in [0.25, 0.3) is 0 Å². The summed E-state index contributed by atoms with van der Waals surface area (Å²) >= 11 is 0. The van der Waals surface area contributed by atoms with Crippen molar-refractivity contribution < 1.29 is 14.6 Å². The maximum atomic E-state index is 10.1. The van der Waals surface area contributed by atoms with Crippen LogP contribution in [-0.2, 0) is 0 Å². The van der Waals surface area contributed by atoms with Gasteiger partial charge in [0.15, 0.2) is 0 Å². The summed E-state index contributed by atoms with van der Waals surface area (Å²) in [6.45, 7) is 0.898. The zero-order valence-corrected chi connectivity index (χ0v) is 10.7. The highest BCUT2D eigenvalue weighted by molar-refractivity contribution is 5.41. The van der Waals surface area contributed by atoms with Crippen LogP contribution in [0.4, 0.5) is 0 Å². The molecule has 0 aliphatic carbocycles. The maximum Gasteiger partial charge on any atom is 0.128 e. The van der Waals surface area contributed by atoms with E-state index in [1.54, 1.807) is 20.3 Å². The molecule has 0 saturated heterocycles. The first-order valence-electron chi connectivity index (χ1n) is 5.77. The second kappa shape index (κ2) is 7.14. The summed E-state index contributed by atoms with van der Waals surface area (Å²) < 4.78 is 10.4. The predicted molar refractivity (Wildman–Crippen MR) is 67.7 cm³/mol. The summed E-state index contributed by atoms with van der Waals surface area (Å²) in [5.41, 5.74) is 0.810. The molecule has 0 saturated carbocycles. The molecule has 2 N–H and O–H groups in total. The number of aliphatic hydroxyl groups is 1. The van der Waals surface area contributed by atoms with Gasteiger partial charge in [-0.05, 0) is 38.6 Å². The molecule has 1 atom stereocenters. The topological polar surface area (TPSA) is 50.7 Å². The van der Waals surface area contributed by atoms with Gasteiger partial charge in [-0.1, -0.05) is 0 Å². The van der Waals surface area contributed by atoms with E-state index in [9.17, 15) is 5.11 Å². The monoisotopic (exact) mass is 239 g/mol. The first-order chi connectivity index (χ1) is 8.22. The number of rotatable bonds is 7. The third-order valence-electron chi connectivity index (χ3n) is 2.70. The largest absolute Gasteiger partial charge is 0.497 e. The predicted octanol–water partition coefficient (Wildman–Crippen LogP) is 1.74. The lowest BCUT2D eigenvalue weighted by molar-refractivity contribution is 0.160. The van der Waals surface area contributed by atoms with Crippen LogP contribution in [0.2, 0.25) is 0 Å². The van der Waals surface area contributed by atoms with Gasteiger partial charge in [0, 0.05) is 11.6 Å². The zero-order chi connectivity index (χ0) is 12.7. The Bertz CT molecular complexity index is 341. The molecule has 1 unspecified atom stereocenters. The van der Waals surface area contributed by atoms with Crippen LogP contribution in [0.5, 0.6) is 11.5 Å².